The summed E-state index contributed by atoms with van der Waals surface area (Å²) < 4.78 is 0. The second kappa shape index (κ2) is 11.5. The average molecular weight is 619 g/mol. The Kier molecular flexibility index (Phi) is 7.16. The van der Waals surface area contributed by atoms with E-state index in [0.717, 1.165) is 0 Å². The number of hydrogen-bond acceptors (Lipinski definition) is 0. The molecule has 0 amide bonds. The third kappa shape index (κ3) is 4.57. The zero-order valence-corrected chi connectivity index (χ0v) is 28.2. The van der Waals surface area contributed by atoms with Crippen molar-refractivity contribution in [2.75, 3.05) is 0 Å². The highest BCUT2D eigenvalue weighted by molar-refractivity contribution is 7.24. The van der Waals surface area contributed by atoms with Gasteiger partial charge in [-0.25, -0.2) is 0 Å². The minimum absolute atomic E-state index is 0.108. The van der Waals surface area contributed by atoms with Gasteiger partial charge in [-0.1, -0.05) is 197 Å². The second-order valence-electron chi connectivity index (χ2n) is 13.7. The Morgan fingerprint density at radius 1 is 0.362 bits per heavy atom. The third-order valence-corrected chi connectivity index (χ3v) is 16.1. The van der Waals surface area contributed by atoms with Gasteiger partial charge in [-0.15, -0.1) is 0 Å². The summed E-state index contributed by atoms with van der Waals surface area (Å²) in [5.74, 6) is 0. The van der Waals surface area contributed by atoms with Crippen LogP contribution >= 0.6 is 0 Å². The Morgan fingerprint density at radius 2 is 0.723 bits per heavy atom. The summed E-state index contributed by atoms with van der Waals surface area (Å²) in [6, 6.07) is 65.6. The Hall–Kier alpha value is -5.24. The summed E-state index contributed by atoms with van der Waals surface area (Å²) in [7, 11) is -2.92. The molecule has 1 heteroatoms. The predicted octanol–water partition coefficient (Wildman–Crippen LogP) is 11.8. The van der Waals surface area contributed by atoms with Crippen molar-refractivity contribution < 1.29 is 0 Å². The summed E-state index contributed by atoms with van der Waals surface area (Å²) in [4.78, 5) is 0. The molecule has 1 aliphatic rings. The monoisotopic (exact) mass is 618 g/mol. The van der Waals surface area contributed by atoms with Crippen LogP contribution in [0.15, 0.2) is 176 Å². The number of allylic oxidation sites excluding steroid dienone is 2. The molecule has 0 aliphatic carbocycles. The maximum absolute atomic E-state index is 2.92. The van der Waals surface area contributed by atoms with Crippen LogP contribution in [-0.4, -0.2) is 8.07 Å². The second-order valence-corrected chi connectivity index (χ2v) is 18.2. The normalized spacial score (nSPS) is 14.7. The van der Waals surface area contributed by atoms with Crippen LogP contribution in [-0.2, 0) is 0 Å². The van der Waals surface area contributed by atoms with Gasteiger partial charge in [-0.2, -0.15) is 0 Å². The van der Waals surface area contributed by atoms with Gasteiger partial charge in [0.15, 0.2) is 8.07 Å². The largest absolute Gasteiger partial charge is 0.156 e. The van der Waals surface area contributed by atoms with E-state index in [0.29, 0.717) is 0 Å². The minimum atomic E-state index is -2.92. The van der Waals surface area contributed by atoms with Crippen LogP contribution in [0.1, 0.15) is 43.0 Å². The van der Waals surface area contributed by atoms with E-state index in [4.69, 9.17) is 0 Å². The van der Waals surface area contributed by atoms with Crippen LogP contribution in [0.2, 0.25) is 5.04 Å². The molecule has 0 fully saturated rings. The number of hydrogen-bond donors (Lipinski definition) is 0. The molecule has 226 valence electrons. The molecule has 0 saturated carbocycles. The lowest BCUT2D eigenvalue weighted by Gasteiger charge is -2.46. The summed E-state index contributed by atoms with van der Waals surface area (Å²) in [6.07, 6.45) is 0. The molecule has 47 heavy (non-hydrogen) atoms. The topological polar surface area (TPSA) is 0 Å². The highest BCUT2D eigenvalue weighted by Crippen LogP contribution is 2.63. The van der Waals surface area contributed by atoms with Gasteiger partial charge in [-0.05, 0) is 75.6 Å². The Balaban J connectivity index is 1.69. The quantitative estimate of drug-likeness (QED) is 0.168. The molecule has 0 nitrogen and oxygen atoms in total. The summed E-state index contributed by atoms with van der Waals surface area (Å²) in [6.45, 7) is 7.50. The van der Waals surface area contributed by atoms with E-state index in [9.17, 15) is 0 Å². The standard InChI is InChI=1S/C46H38Si/c1-46(2,3)47(37-27-11-6-12-28-37)44(40-31-17-25-33-19-13-15-29-38(33)40)42(35-21-7-4-8-22-35)43(36-23-9-5-10-24-36)45(47)41-32-18-26-34-20-14-16-30-39(34)41/h4-32H,1-3H3. The van der Waals surface area contributed by atoms with Crippen molar-refractivity contribution >= 4 is 56.3 Å². The smallest absolute Gasteiger partial charge is 0.0624 e. The zero-order valence-electron chi connectivity index (χ0n) is 27.2. The van der Waals surface area contributed by atoms with E-state index in [2.05, 4.69) is 197 Å². The molecular formula is C46H38Si. The number of rotatable bonds is 5. The first-order chi connectivity index (χ1) is 23.0. The van der Waals surface area contributed by atoms with Crippen LogP contribution in [0.5, 0.6) is 0 Å². The molecule has 1 heterocycles. The molecule has 7 aromatic rings. The van der Waals surface area contributed by atoms with Crippen molar-refractivity contribution in [1.82, 2.24) is 0 Å². The Morgan fingerprint density at radius 3 is 1.15 bits per heavy atom. The van der Waals surface area contributed by atoms with Crippen molar-refractivity contribution in [3.8, 4) is 0 Å². The van der Waals surface area contributed by atoms with Gasteiger partial charge in [-0.3, -0.25) is 0 Å². The summed E-state index contributed by atoms with van der Waals surface area (Å²) in [5, 5.41) is 9.50. The van der Waals surface area contributed by atoms with Crippen molar-refractivity contribution in [2.45, 2.75) is 25.8 Å². The zero-order chi connectivity index (χ0) is 32.0. The van der Waals surface area contributed by atoms with Crippen molar-refractivity contribution in [3.63, 3.8) is 0 Å². The lowest BCUT2D eigenvalue weighted by atomic mass is 9.88. The van der Waals surface area contributed by atoms with Gasteiger partial charge in [0, 0.05) is 0 Å². The van der Waals surface area contributed by atoms with E-state index < -0.39 is 8.07 Å². The van der Waals surface area contributed by atoms with Crippen LogP contribution in [0.4, 0.5) is 0 Å². The van der Waals surface area contributed by atoms with E-state index in [1.165, 1.54) is 70.5 Å². The van der Waals surface area contributed by atoms with Crippen LogP contribution in [0.3, 0.4) is 0 Å². The molecule has 0 saturated heterocycles. The molecule has 0 atom stereocenters. The average Bonchev–Trinajstić information content (AvgIpc) is 3.45. The number of fused-ring (bicyclic) bond motifs is 2. The molecule has 8 rings (SSSR count). The maximum Gasteiger partial charge on any atom is 0.156 e. The molecule has 0 N–H and O–H groups in total. The lowest BCUT2D eigenvalue weighted by Crippen LogP contribution is -2.56. The van der Waals surface area contributed by atoms with E-state index in [1.807, 2.05) is 0 Å². The fraction of sp³-hybridized carbons (Fsp3) is 0.0870. The van der Waals surface area contributed by atoms with Crippen LogP contribution < -0.4 is 5.19 Å². The molecular weight excluding hydrogens is 581 g/mol. The highest BCUT2D eigenvalue weighted by atomic mass is 28.3. The Bertz CT molecular complexity index is 2150. The van der Waals surface area contributed by atoms with Gasteiger partial charge in [0.1, 0.15) is 0 Å². The van der Waals surface area contributed by atoms with Crippen LogP contribution in [0.25, 0.3) is 43.1 Å². The van der Waals surface area contributed by atoms with Crippen molar-refractivity contribution in [1.29, 1.82) is 0 Å². The van der Waals surface area contributed by atoms with Gasteiger partial charge >= 0.3 is 0 Å². The fourth-order valence-corrected chi connectivity index (χ4v) is 14.7. The highest BCUT2D eigenvalue weighted by Gasteiger charge is 2.58. The molecule has 0 aromatic heterocycles. The van der Waals surface area contributed by atoms with E-state index in [1.54, 1.807) is 0 Å². The van der Waals surface area contributed by atoms with E-state index in [-0.39, 0.29) is 5.04 Å². The third-order valence-electron chi connectivity index (χ3n) is 10.1. The molecule has 7 aromatic carbocycles. The SMILES string of the molecule is CC(C)(C)[Si]1(c2ccccc2)C(c2cccc3ccccc23)=C(c2ccccc2)C(c2ccccc2)=C1c1cccc2ccccc12. The molecule has 0 spiro atoms. The van der Waals surface area contributed by atoms with E-state index >= 15 is 0 Å². The fourth-order valence-electron chi connectivity index (χ4n) is 8.26. The van der Waals surface area contributed by atoms with Crippen molar-refractivity contribution in [3.05, 3.63) is 198 Å². The first-order valence-corrected chi connectivity index (χ1v) is 18.6. The van der Waals surface area contributed by atoms with Crippen LogP contribution in [0, 0.1) is 0 Å². The molecule has 0 unspecified atom stereocenters. The van der Waals surface area contributed by atoms with Gasteiger partial charge in [0.05, 0.1) is 0 Å². The first-order valence-electron chi connectivity index (χ1n) is 16.6. The molecule has 0 radical (unpaired) electrons. The minimum Gasteiger partial charge on any atom is -0.0624 e. The van der Waals surface area contributed by atoms with Gasteiger partial charge in [0.2, 0.25) is 0 Å². The van der Waals surface area contributed by atoms with Gasteiger partial charge < -0.3 is 0 Å². The first kappa shape index (κ1) is 29.2. The molecule has 0 bridgehead atoms. The summed E-state index contributed by atoms with van der Waals surface area (Å²) >= 11 is 0. The summed E-state index contributed by atoms with van der Waals surface area (Å²) in [5.41, 5.74) is 7.94. The van der Waals surface area contributed by atoms with Crippen molar-refractivity contribution in [2.24, 2.45) is 0 Å². The molecule has 1 aliphatic heterocycles. The number of benzene rings is 7. The van der Waals surface area contributed by atoms with Gasteiger partial charge in [0.25, 0.3) is 0 Å². The predicted molar refractivity (Wildman–Crippen MR) is 206 cm³/mol. The lowest BCUT2D eigenvalue weighted by molar-refractivity contribution is 0.741. The maximum atomic E-state index is 2.50. The Labute approximate surface area is 279 Å².